The Morgan fingerprint density at radius 1 is 1.10 bits per heavy atom. The van der Waals surface area contributed by atoms with Crippen LogP contribution in [0.4, 0.5) is 5.82 Å². The fourth-order valence-corrected chi connectivity index (χ4v) is 2.73. The van der Waals surface area contributed by atoms with Crippen LogP contribution < -0.4 is 4.90 Å². The van der Waals surface area contributed by atoms with E-state index in [-0.39, 0.29) is 0 Å². The van der Waals surface area contributed by atoms with Crippen LogP contribution in [0.25, 0.3) is 0 Å². The SMILES string of the molecule is Cc1cc(N2CCN(C)[C@@H](c3ccccc3)C2)ncn1. The van der Waals surface area contributed by atoms with Gasteiger partial charge < -0.3 is 4.90 Å². The van der Waals surface area contributed by atoms with Crippen LogP contribution >= 0.6 is 0 Å². The zero-order valence-electron chi connectivity index (χ0n) is 12.0. The standard InChI is InChI=1S/C16H20N4/c1-13-10-16(18-12-17-13)20-9-8-19(2)15(11-20)14-6-4-3-5-7-14/h3-7,10,12,15H,8-9,11H2,1-2H3/t15-/m1/s1. The molecule has 1 aromatic heterocycles. The highest BCUT2D eigenvalue weighted by molar-refractivity contribution is 5.40. The Balaban J connectivity index is 1.83. The first-order valence-electron chi connectivity index (χ1n) is 7.03. The van der Waals surface area contributed by atoms with Gasteiger partial charge in [-0.15, -0.1) is 0 Å². The molecule has 104 valence electrons. The molecule has 0 N–H and O–H groups in total. The molecule has 2 aromatic rings. The summed E-state index contributed by atoms with van der Waals surface area (Å²) in [5.41, 5.74) is 2.38. The van der Waals surface area contributed by atoms with Crippen LogP contribution in [-0.4, -0.2) is 41.5 Å². The predicted molar refractivity (Wildman–Crippen MR) is 80.8 cm³/mol. The summed E-state index contributed by atoms with van der Waals surface area (Å²) in [4.78, 5) is 13.4. The summed E-state index contributed by atoms with van der Waals surface area (Å²) in [5, 5.41) is 0. The number of hydrogen-bond acceptors (Lipinski definition) is 4. The van der Waals surface area contributed by atoms with Gasteiger partial charge in [-0.3, -0.25) is 4.90 Å². The van der Waals surface area contributed by atoms with Crippen molar-refractivity contribution in [3.63, 3.8) is 0 Å². The van der Waals surface area contributed by atoms with Gasteiger partial charge in [0.1, 0.15) is 12.1 Å². The van der Waals surface area contributed by atoms with Crippen molar-refractivity contribution in [2.75, 3.05) is 31.6 Å². The van der Waals surface area contributed by atoms with E-state index in [0.717, 1.165) is 31.1 Å². The first-order chi connectivity index (χ1) is 9.74. The average Bonchev–Trinajstić information content (AvgIpc) is 2.48. The minimum Gasteiger partial charge on any atom is -0.353 e. The van der Waals surface area contributed by atoms with Crippen LogP contribution in [0.1, 0.15) is 17.3 Å². The Bertz CT molecular complexity index is 570. The van der Waals surface area contributed by atoms with Gasteiger partial charge in [-0.05, 0) is 19.5 Å². The fourth-order valence-electron chi connectivity index (χ4n) is 2.73. The molecule has 1 saturated heterocycles. The molecular formula is C16H20N4. The lowest BCUT2D eigenvalue weighted by Crippen LogP contribution is -2.47. The molecular weight excluding hydrogens is 248 g/mol. The van der Waals surface area contributed by atoms with Gasteiger partial charge in [0.05, 0.1) is 6.04 Å². The Kier molecular flexibility index (Phi) is 3.65. The van der Waals surface area contributed by atoms with Gasteiger partial charge in [0.25, 0.3) is 0 Å². The maximum atomic E-state index is 4.41. The number of aryl methyl sites for hydroxylation is 1. The number of piperazine rings is 1. The van der Waals surface area contributed by atoms with E-state index < -0.39 is 0 Å². The molecule has 3 rings (SSSR count). The summed E-state index contributed by atoms with van der Waals surface area (Å²) in [6.07, 6.45) is 1.65. The van der Waals surface area contributed by atoms with Gasteiger partial charge in [-0.25, -0.2) is 9.97 Å². The second-order valence-corrected chi connectivity index (χ2v) is 5.37. The number of rotatable bonds is 2. The van der Waals surface area contributed by atoms with Crippen LogP contribution in [0.5, 0.6) is 0 Å². The third kappa shape index (κ3) is 2.65. The number of hydrogen-bond donors (Lipinski definition) is 0. The molecule has 1 atom stereocenters. The number of likely N-dealkylation sites (N-methyl/N-ethyl adjacent to an activating group) is 1. The third-order valence-corrected chi connectivity index (χ3v) is 3.95. The Hall–Kier alpha value is -1.94. The predicted octanol–water partition coefficient (Wildman–Crippen LogP) is 2.28. The van der Waals surface area contributed by atoms with E-state index in [4.69, 9.17) is 0 Å². The van der Waals surface area contributed by atoms with Crippen LogP contribution in [-0.2, 0) is 0 Å². The van der Waals surface area contributed by atoms with Crippen molar-refractivity contribution in [2.24, 2.45) is 0 Å². The van der Waals surface area contributed by atoms with Crippen LogP contribution in [0.3, 0.4) is 0 Å². The van der Waals surface area contributed by atoms with Crippen molar-refractivity contribution in [1.82, 2.24) is 14.9 Å². The summed E-state index contributed by atoms with van der Waals surface area (Å²) in [6.45, 7) is 5.03. The van der Waals surface area contributed by atoms with Crippen LogP contribution in [0.2, 0.25) is 0 Å². The first-order valence-corrected chi connectivity index (χ1v) is 7.03. The van der Waals surface area contributed by atoms with E-state index in [1.807, 2.05) is 6.92 Å². The van der Waals surface area contributed by atoms with Gasteiger partial charge in [0.2, 0.25) is 0 Å². The molecule has 4 heteroatoms. The van der Waals surface area contributed by atoms with E-state index in [1.54, 1.807) is 6.33 Å². The van der Waals surface area contributed by atoms with Crippen LogP contribution in [0.15, 0.2) is 42.7 Å². The lowest BCUT2D eigenvalue weighted by Gasteiger charge is -2.40. The Morgan fingerprint density at radius 3 is 2.65 bits per heavy atom. The molecule has 0 radical (unpaired) electrons. The summed E-state index contributed by atoms with van der Waals surface area (Å²) in [6, 6.07) is 13.2. The molecule has 2 heterocycles. The number of benzene rings is 1. The van der Waals surface area contributed by atoms with Crippen molar-refractivity contribution < 1.29 is 0 Å². The minimum atomic E-state index is 0.417. The summed E-state index contributed by atoms with van der Waals surface area (Å²) < 4.78 is 0. The molecule has 0 saturated carbocycles. The molecule has 0 aliphatic carbocycles. The van der Waals surface area contributed by atoms with Gasteiger partial charge in [0, 0.05) is 31.4 Å². The van der Waals surface area contributed by atoms with Gasteiger partial charge in [-0.1, -0.05) is 30.3 Å². The number of nitrogens with zero attached hydrogens (tertiary/aromatic N) is 4. The molecule has 0 unspecified atom stereocenters. The summed E-state index contributed by atoms with van der Waals surface area (Å²) >= 11 is 0. The van der Waals surface area contributed by atoms with Crippen molar-refractivity contribution >= 4 is 5.82 Å². The smallest absolute Gasteiger partial charge is 0.132 e. The van der Waals surface area contributed by atoms with Crippen molar-refractivity contribution in [3.05, 3.63) is 54.0 Å². The van der Waals surface area contributed by atoms with E-state index >= 15 is 0 Å². The topological polar surface area (TPSA) is 32.3 Å². The summed E-state index contributed by atoms with van der Waals surface area (Å²) in [5.74, 6) is 1.03. The van der Waals surface area contributed by atoms with E-state index in [1.165, 1.54) is 5.56 Å². The lowest BCUT2D eigenvalue weighted by atomic mass is 10.0. The van der Waals surface area contributed by atoms with E-state index in [9.17, 15) is 0 Å². The van der Waals surface area contributed by atoms with Crippen molar-refractivity contribution in [2.45, 2.75) is 13.0 Å². The maximum Gasteiger partial charge on any atom is 0.132 e. The van der Waals surface area contributed by atoms with Crippen LogP contribution in [0, 0.1) is 6.92 Å². The zero-order chi connectivity index (χ0) is 13.9. The first kappa shape index (κ1) is 13.1. The van der Waals surface area contributed by atoms with E-state index in [0.29, 0.717) is 6.04 Å². The highest BCUT2D eigenvalue weighted by atomic mass is 15.3. The molecule has 0 spiro atoms. The molecule has 20 heavy (non-hydrogen) atoms. The largest absolute Gasteiger partial charge is 0.353 e. The molecule has 1 fully saturated rings. The number of aromatic nitrogens is 2. The third-order valence-electron chi connectivity index (χ3n) is 3.95. The Morgan fingerprint density at radius 2 is 1.90 bits per heavy atom. The van der Waals surface area contributed by atoms with Gasteiger partial charge in [0.15, 0.2) is 0 Å². The molecule has 0 amide bonds. The fraction of sp³-hybridized carbons (Fsp3) is 0.375. The highest BCUT2D eigenvalue weighted by Crippen LogP contribution is 2.26. The summed E-state index contributed by atoms with van der Waals surface area (Å²) in [7, 11) is 2.19. The molecule has 0 bridgehead atoms. The number of anilines is 1. The lowest BCUT2D eigenvalue weighted by molar-refractivity contribution is 0.220. The normalized spacial score (nSPS) is 20.1. The molecule has 1 aliphatic rings. The second-order valence-electron chi connectivity index (χ2n) is 5.37. The highest BCUT2D eigenvalue weighted by Gasteiger charge is 2.26. The van der Waals surface area contributed by atoms with Crippen molar-refractivity contribution in [1.29, 1.82) is 0 Å². The van der Waals surface area contributed by atoms with Gasteiger partial charge in [-0.2, -0.15) is 0 Å². The molecule has 1 aliphatic heterocycles. The zero-order valence-corrected chi connectivity index (χ0v) is 12.0. The average molecular weight is 268 g/mol. The second kappa shape index (κ2) is 5.59. The molecule has 1 aromatic carbocycles. The van der Waals surface area contributed by atoms with Crippen molar-refractivity contribution in [3.8, 4) is 0 Å². The quantitative estimate of drug-likeness (QED) is 0.836. The maximum absolute atomic E-state index is 4.41. The monoisotopic (exact) mass is 268 g/mol. The van der Waals surface area contributed by atoms with E-state index in [2.05, 4.69) is 63.2 Å². The van der Waals surface area contributed by atoms with Gasteiger partial charge >= 0.3 is 0 Å². The minimum absolute atomic E-state index is 0.417. The molecule has 4 nitrogen and oxygen atoms in total. The Labute approximate surface area is 120 Å².